The molecule has 0 spiro atoms. The molecular formula is C9H10O2S. The van der Waals surface area contributed by atoms with Crippen molar-refractivity contribution in [2.75, 3.05) is 0 Å². The van der Waals surface area contributed by atoms with E-state index >= 15 is 0 Å². The van der Waals surface area contributed by atoms with Crippen LogP contribution in [0, 0.1) is 0 Å². The maximum atomic E-state index is 10.9. The van der Waals surface area contributed by atoms with Crippen molar-refractivity contribution in [2.45, 2.75) is 25.4 Å². The molecule has 0 aromatic carbocycles. The number of carbonyl (C=O) groups excluding carboxylic acids is 1. The van der Waals surface area contributed by atoms with Gasteiger partial charge in [-0.15, -0.1) is 11.3 Å². The molecule has 12 heavy (non-hydrogen) atoms. The van der Waals surface area contributed by atoms with Crippen molar-refractivity contribution in [3.05, 3.63) is 22.4 Å². The predicted molar refractivity (Wildman–Crippen MR) is 47.2 cm³/mol. The van der Waals surface area contributed by atoms with Crippen LogP contribution in [0.1, 0.15) is 24.1 Å². The second-order valence-electron chi connectivity index (χ2n) is 3.02. The molecule has 1 unspecified atom stereocenters. The van der Waals surface area contributed by atoms with Crippen LogP contribution in [0.3, 0.4) is 0 Å². The van der Waals surface area contributed by atoms with Crippen LogP contribution in [0.5, 0.6) is 0 Å². The lowest BCUT2D eigenvalue weighted by Crippen LogP contribution is -2.07. The van der Waals surface area contributed by atoms with Crippen molar-refractivity contribution in [1.82, 2.24) is 0 Å². The lowest BCUT2D eigenvalue weighted by atomic mass is 10.0. The Labute approximate surface area is 75.2 Å². The van der Waals surface area contributed by atoms with Crippen LogP contribution in [-0.2, 0) is 9.53 Å². The van der Waals surface area contributed by atoms with Crippen LogP contribution >= 0.6 is 11.3 Å². The Morgan fingerprint density at radius 2 is 2.50 bits per heavy atom. The summed E-state index contributed by atoms with van der Waals surface area (Å²) in [5, 5.41) is 2.03. The van der Waals surface area contributed by atoms with Crippen molar-refractivity contribution >= 4 is 17.3 Å². The smallest absolute Gasteiger partial charge is 0.306 e. The highest BCUT2D eigenvalue weighted by molar-refractivity contribution is 7.10. The Kier molecular flexibility index (Phi) is 1.89. The Bertz CT molecular complexity index is 279. The first-order valence-electron chi connectivity index (χ1n) is 4.00. The van der Waals surface area contributed by atoms with E-state index in [4.69, 9.17) is 4.74 Å². The zero-order valence-corrected chi connectivity index (χ0v) is 7.64. The molecule has 2 nitrogen and oxygen atoms in total. The lowest BCUT2D eigenvalue weighted by molar-refractivity contribution is -0.140. The molecule has 0 radical (unpaired) electrons. The van der Waals surface area contributed by atoms with Gasteiger partial charge in [0.25, 0.3) is 0 Å². The predicted octanol–water partition coefficient (Wildman–Crippen LogP) is 2.17. The summed E-state index contributed by atoms with van der Waals surface area (Å²) in [7, 11) is 0. The van der Waals surface area contributed by atoms with E-state index in [0.717, 1.165) is 0 Å². The first-order chi connectivity index (χ1) is 5.77. The zero-order valence-electron chi connectivity index (χ0n) is 6.82. The van der Waals surface area contributed by atoms with Crippen LogP contribution in [0.15, 0.2) is 17.5 Å². The topological polar surface area (TPSA) is 26.3 Å². The zero-order chi connectivity index (χ0) is 8.55. The van der Waals surface area contributed by atoms with Gasteiger partial charge in [0.05, 0.1) is 6.42 Å². The Morgan fingerprint density at radius 1 is 1.67 bits per heavy atom. The fourth-order valence-corrected chi connectivity index (χ4v) is 2.44. The lowest BCUT2D eigenvalue weighted by Gasteiger charge is -2.09. The maximum absolute atomic E-state index is 10.9. The average molecular weight is 182 g/mol. The van der Waals surface area contributed by atoms with E-state index in [1.165, 1.54) is 4.88 Å². The molecule has 0 bridgehead atoms. The quantitative estimate of drug-likeness (QED) is 0.622. The number of rotatable bonds is 1. The van der Waals surface area contributed by atoms with Crippen LogP contribution in [-0.4, -0.2) is 12.1 Å². The van der Waals surface area contributed by atoms with Gasteiger partial charge in [-0.2, -0.15) is 0 Å². The largest absolute Gasteiger partial charge is 0.462 e. The van der Waals surface area contributed by atoms with E-state index in [9.17, 15) is 4.79 Å². The molecule has 0 aliphatic carbocycles. The van der Waals surface area contributed by atoms with Gasteiger partial charge in [-0.25, -0.2) is 0 Å². The van der Waals surface area contributed by atoms with Crippen molar-refractivity contribution in [3.8, 4) is 0 Å². The summed E-state index contributed by atoms with van der Waals surface area (Å²) in [5.41, 5.74) is 0. The van der Waals surface area contributed by atoms with Gasteiger partial charge in [0.1, 0.15) is 6.10 Å². The van der Waals surface area contributed by atoms with Crippen molar-refractivity contribution in [2.24, 2.45) is 0 Å². The van der Waals surface area contributed by atoms with Gasteiger partial charge < -0.3 is 4.74 Å². The van der Waals surface area contributed by atoms with E-state index < -0.39 is 0 Å². The Hall–Kier alpha value is -0.830. The van der Waals surface area contributed by atoms with Gasteiger partial charge in [-0.3, -0.25) is 4.79 Å². The van der Waals surface area contributed by atoms with Gasteiger partial charge in [-0.1, -0.05) is 6.07 Å². The molecule has 0 saturated carbocycles. The first kappa shape index (κ1) is 7.80. The SMILES string of the molecule is CC1OC(=O)C[C@@H]1c1cccs1. The van der Waals surface area contributed by atoms with E-state index in [2.05, 4.69) is 6.07 Å². The second-order valence-corrected chi connectivity index (χ2v) is 4.00. The minimum Gasteiger partial charge on any atom is -0.462 e. The maximum Gasteiger partial charge on any atom is 0.306 e. The molecule has 0 N–H and O–H groups in total. The van der Waals surface area contributed by atoms with Crippen LogP contribution in [0.2, 0.25) is 0 Å². The molecule has 1 aliphatic heterocycles. The molecule has 1 aliphatic rings. The molecule has 2 heterocycles. The summed E-state index contributed by atoms with van der Waals surface area (Å²) in [6, 6.07) is 4.07. The third kappa shape index (κ3) is 1.25. The normalized spacial score (nSPS) is 28.9. The standard InChI is InChI=1S/C9H10O2S/c1-6-7(5-9(10)11-6)8-3-2-4-12-8/h2-4,6-7H,5H2,1H3/t6?,7-/m0/s1. The molecule has 3 heteroatoms. The van der Waals surface area contributed by atoms with Gasteiger partial charge in [-0.05, 0) is 18.4 Å². The minimum absolute atomic E-state index is 0.0520. The highest BCUT2D eigenvalue weighted by Crippen LogP contribution is 2.34. The van der Waals surface area contributed by atoms with E-state index in [1.807, 2.05) is 18.4 Å². The summed E-state index contributed by atoms with van der Waals surface area (Å²) in [6.07, 6.45) is 0.595. The number of hydrogen-bond acceptors (Lipinski definition) is 3. The summed E-state index contributed by atoms with van der Waals surface area (Å²) in [5.74, 6) is 0.221. The number of cyclic esters (lactones) is 1. The van der Waals surface area contributed by atoms with Gasteiger partial charge >= 0.3 is 5.97 Å². The minimum atomic E-state index is -0.0686. The van der Waals surface area contributed by atoms with Gasteiger partial charge in [0, 0.05) is 10.8 Å². The first-order valence-corrected chi connectivity index (χ1v) is 4.88. The molecule has 1 saturated heterocycles. The summed E-state index contributed by atoms with van der Waals surface area (Å²) in [6.45, 7) is 1.95. The Balaban J connectivity index is 2.20. The van der Waals surface area contributed by atoms with Crippen molar-refractivity contribution in [3.63, 3.8) is 0 Å². The van der Waals surface area contributed by atoms with Gasteiger partial charge in [0.2, 0.25) is 0 Å². The van der Waals surface area contributed by atoms with E-state index in [1.54, 1.807) is 11.3 Å². The van der Waals surface area contributed by atoms with E-state index in [0.29, 0.717) is 6.42 Å². The molecule has 2 atom stereocenters. The van der Waals surface area contributed by atoms with Crippen LogP contribution < -0.4 is 0 Å². The second kappa shape index (κ2) is 2.90. The molecule has 1 aromatic rings. The number of carbonyl (C=O) groups is 1. The fourth-order valence-electron chi connectivity index (χ4n) is 1.52. The molecular weight excluding hydrogens is 172 g/mol. The number of thiophene rings is 1. The number of esters is 1. The molecule has 2 rings (SSSR count). The third-order valence-corrected chi connectivity index (χ3v) is 3.18. The molecule has 64 valence electrons. The van der Waals surface area contributed by atoms with Crippen LogP contribution in [0.25, 0.3) is 0 Å². The van der Waals surface area contributed by atoms with Crippen molar-refractivity contribution < 1.29 is 9.53 Å². The third-order valence-electron chi connectivity index (χ3n) is 2.18. The van der Waals surface area contributed by atoms with E-state index in [-0.39, 0.29) is 18.0 Å². The van der Waals surface area contributed by atoms with Crippen molar-refractivity contribution in [1.29, 1.82) is 0 Å². The molecule has 1 aromatic heterocycles. The monoisotopic (exact) mass is 182 g/mol. The molecule has 1 fully saturated rings. The number of ether oxygens (including phenoxy) is 1. The average Bonchev–Trinajstić information content (AvgIpc) is 2.58. The number of hydrogen-bond donors (Lipinski definition) is 0. The highest BCUT2D eigenvalue weighted by atomic mass is 32.1. The fraction of sp³-hybridized carbons (Fsp3) is 0.444. The summed E-state index contributed by atoms with van der Waals surface area (Å²) >= 11 is 1.69. The van der Waals surface area contributed by atoms with Crippen LogP contribution in [0.4, 0.5) is 0 Å². The highest BCUT2D eigenvalue weighted by Gasteiger charge is 2.32. The summed E-state index contributed by atoms with van der Waals surface area (Å²) < 4.78 is 5.07. The van der Waals surface area contributed by atoms with Gasteiger partial charge in [0.15, 0.2) is 0 Å². The Morgan fingerprint density at radius 3 is 3.00 bits per heavy atom. The molecule has 0 amide bonds. The summed E-state index contributed by atoms with van der Waals surface area (Å²) in [4.78, 5) is 12.2.